The first kappa shape index (κ1) is 38.9. The third-order valence-corrected chi connectivity index (χ3v) is 16.4. The molecule has 330 valence electrons. The molecule has 7 heterocycles. The molecule has 6 aromatic heterocycles. The van der Waals surface area contributed by atoms with Gasteiger partial charge in [-0.1, -0.05) is 133 Å². The second-order valence-electron chi connectivity index (χ2n) is 18.7. The molecular weight excluding hydrogens is 885 g/mol. The van der Waals surface area contributed by atoms with Crippen molar-refractivity contribution in [3.05, 3.63) is 253 Å². The zero-order valence-corrected chi connectivity index (χ0v) is 38.8. The van der Waals surface area contributed by atoms with Gasteiger partial charge in [0.15, 0.2) is 5.82 Å². The average molecular weight is 923 g/mol. The SMILES string of the molecule is c1cnc(-n2c3ccccc3c3ccccc32)c(-n2c3ccccc3c3cc(-c4ccc5c(c4)Sc4ccc(-n6c7ccccc7c7ccccc76)cc4C54c5cccnc5-c5ncccc54)ccc32)c1. The summed E-state index contributed by atoms with van der Waals surface area (Å²) in [5.41, 5.74) is 17.4. The summed E-state index contributed by atoms with van der Waals surface area (Å²) in [7, 11) is 0. The minimum Gasteiger partial charge on any atom is -0.309 e. The molecule has 0 bridgehead atoms. The highest BCUT2D eigenvalue weighted by Crippen LogP contribution is 2.62. The van der Waals surface area contributed by atoms with Gasteiger partial charge in [0.1, 0.15) is 0 Å². The Morgan fingerprint density at radius 3 is 1.44 bits per heavy atom. The molecular formula is C64H38N6S. The molecule has 0 N–H and O–H groups in total. The van der Waals surface area contributed by atoms with E-state index in [1.807, 2.05) is 30.4 Å². The summed E-state index contributed by atoms with van der Waals surface area (Å²) in [6.07, 6.45) is 5.71. The molecule has 8 aromatic carbocycles. The Morgan fingerprint density at radius 2 is 0.817 bits per heavy atom. The molecule has 0 atom stereocenters. The molecule has 1 spiro atoms. The zero-order valence-electron chi connectivity index (χ0n) is 38.0. The lowest BCUT2D eigenvalue weighted by molar-refractivity contribution is 0.718. The van der Waals surface area contributed by atoms with Crippen LogP contribution in [0.25, 0.3) is 105 Å². The van der Waals surface area contributed by atoms with Crippen LogP contribution >= 0.6 is 11.8 Å². The monoisotopic (exact) mass is 922 g/mol. The first-order valence-corrected chi connectivity index (χ1v) is 24.9. The number of pyridine rings is 3. The third kappa shape index (κ3) is 5.20. The summed E-state index contributed by atoms with van der Waals surface area (Å²) in [5.74, 6) is 0.889. The Kier molecular flexibility index (Phi) is 7.94. The molecule has 2 aliphatic rings. The van der Waals surface area contributed by atoms with Crippen LogP contribution in [0.15, 0.2) is 241 Å². The van der Waals surface area contributed by atoms with Gasteiger partial charge < -0.3 is 9.13 Å². The van der Waals surface area contributed by atoms with Crippen LogP contribution in [0.1, 0.15) is 22.3 Å². The minimum absolute atomic E-state index is 0.647. The van der Waals surface area contributed by atoms with Crippen molar-refractivity contribution in [1.82, 2.24) is 28.7 Å². The summed E-state index contributed by atoms with van der Waals surface area (Å²) in [5, 5.41) is 7.30. The van der Waals surface area contributed by atoms with E-state index < -0.39 is 5.41 Å². The highest BCUT2D eigenvalue weighted by atomic mass is 32.2. The molecule has 0 saturated carbocycles. The number of para-hydroxylation sites is 5. The van der Waals surface area contributed by atoms with Crippen molar-refractivity contribution < 1.29 is 0 Å². The second-order valence-corrected chi connectivity index (χ2v) is 19.8. The molecule has 16 rings (SSSR count). The summed E-state index contributed by atoms with van der Waals surface area (Å²) in [6.45, 7) is 0. The number of nitrogens with zero attached hydrogens (tertiary/aromatic N) is 6. The Morgan fingerprint density at radius 1 is 0.324 bits per heavy atom. The maximum absolute atomic E-state index is 5.14. The van der Waals surface area contributed by atoms with Crippen LogP contribution in [0.4, 0.5) is 0 Å². The molecule has 14 aromatic rings. The van der Waals surface area contributed by atoms with Gasteiger partial charge in [-0.25, -0.2) is 4.98 Å². The van der Waals surface area contributed by atoms with Crippen LogP contribution in [-0.2, 0) is 5.41 Å². The molecule has 71 heavy (non-hydrogen) atoms. The van der Waals surface area contributed by atoms with Crippen molar-refractivity contribution >= 4 is 77.2 Å². The maximum atomic E-state index is 5.14. The van der Waals surface area contributed by atoms with E-state index in [4.69, 9.17) is 15.0 Å². The Balaban J connectivity index is 0.887. The van der Waals surface area contributed by atoms with Gasteiger partial charge in [0.25, 0.3) is 0 Å². The number of hydrogen-bond acceptors (Lipinski definition) is 4. The molecule has 6 nitrogen and oxygen atoms in total. The number of hydrogen-bond donors (Lipinski definition) is 0. The fraction of sp³-hybridized carbons (Fsp3) is 0.0156. The molecule has 0 radical (unpaired) electrons. The van der Waals surface area contributed by atoms with Gasteiger partial charge in [0.2, 0.25) is 0 Å². The lowest BCUT2D eigenvalue weighted by atomic mass is 9.67. The molecule has 0 saturated heterocycles. The van der Waals surface area contributed by atoms with E-state index in [0.717, 1.165) is 67.3 Å². The zero-order chi connectivity index (χ0) is 46.4. The second kappa shape index (κ2) is 14.5. The van der Waals surface area contributed by atoms with Gasteiger partial charge in [-0.2, -0.15) is 0 Å². The van der Waals surface area contributed by atoms with Gasteiger partial charge in [-0.05, 0) is 124 Å². The topological polar surface area (TPSA) is 53.5 Å². The molecule has 7 heteroatoms. The Hall–Kier alpha value is -9.04. The van der Waals surface area contributed by atoms with E-state index in [1.54, 1.807) is 0 Å². The average Bonchev–Trinajstić information content (AvgIpc) is 4.15. The highest BCUT2D eigenvalue weighted by Gasteiger charge is 2.51. The van der Waals surface area contributed by atoms with Gasteiger partial charge in [0.05, 0.1) is 55.6 Å². The van der Waals surface area contributed by atoms with Crippen LogP contribution in [0, 0.1) is 0 Å². The number of benzene rings is 8. The van der Waals surface area contributed by atoms with E-state index in [1.165, 1.54) is 69.8 Å². The molecule has 1 aliphatic carbocycles. The lowest BCUT2D eigenvalue weighted by Crippen LogP contribution is -2.32. The first-order chi connectivity index (χ1) is 35.2. The van der Waals surface area contributed by atoms with E-state index >= 15 is 0 Å². The van der Waals surface area contributed by atoms with Crippen molar-refractivity contribution in [3.8, 4) is 39.7 Å². The highest BCUT2D eigenvalue weighted by molar-refractivity contribution is 7.99. The Bertz CT molecular complexity index is 4440. The van der Waals surface area contributed by atoms with E-state index in [-0.39, 0.29) is 0 Å². The molecule has 1 aliphatic heterocycles. The lowest BCUT2D eigenvalue weighted by Gasteiger charge is -2.39. The normalized spacial score (nSPS) is 13.4. The van der Waals surface area contributed by atoms with Gasteiger partial charge in [-0.3, -0.25) is 14.5 Å². The summed E-state index contributed by atoms with van der Waals surface area (Å²) in [6, 6.07) is 77.7. The van der Waals surface area contributed by atoms with Crippen molar-refractivity contribution in [2.24, 2.45) is 0 Å². The fourth-order valence-electron chi connectivity index (χ4n) is 12.4. The summed E-state index contributed by atoms with van der Waals surface area (Å²) < 4.78 is 7.15. The van der Waals surface area contributed by atoms with Crippen molar-refractivity contribution in [2.75, 3.05) is 0 Å². The summed E-state index contributed by atoms with van der Waals surface area (Å²) in [4.78, 5) is 17.7. The van der Waals surface area contributed by atoms with E-state index in [9.17, 15) is 0 Å². The molecule has 0 unspecified atom stereocenters. The largest absolute Gasteiger partial charge is 0.309 e. The smallest absolute Gasteiger partial charge is 0.162 e. The molecule has 0 fully saturated rings. The van der Waals surface area contributed by atoms with Crippen LogP contribution < -0.4 is 0 Å². The number of fused-ring (bicyclic) bond motifs is 18. The first-order valence-electron chi connectivity index (χ1n) is 24.1. The Labute approximate surface area is 411 Å². The predicted octanol–water partition coefficient (Wildman–Crippen LogP) is 15.7. The van der Waals surface area contributed by atoms with Crippen molar-refractivity contribution in [2.45, 2.75) is 15.2 Å². The summed E-state index contributed by atoms with van der Waals surface area (Å²) >= 11 is 1.86. The van der Waals surface area contributed by atoms with Crippen LogP contribution in [0.2, 0.25) is 0 Å². The van der Waals surface area contributed by atoms with Gasteiger partial charge >= 0.3 is 0 Å². The fourth-order valence-corrected chi connectivity index (χ4v) is 13.6. The standard InChI is InChI=1S/C64H38N6S/c1-6-21-52-42(14-1)43-15-2-7-22-53(43)68(52)41-29-32-59-51(38-41)64(49-19-11-33-65-61(49)62-50(64)20-12-34-66-62)48-30-27-40(37-60(48)71-59)39-28-31-57-47(36-39)46-18-5-8-23-54(46)69(57)58-26-13-35-67-63(58)70-55-24-9-3-16-44(55)45-17-4-10-25-56(45)70/h1-38H. The van der Waals surface area contributed by atoms with Crippen LogP contribution in [0.3, 0.4) is 0 Å². The molecule has 0 amide bonds. The van der Waals surface area contributed by atoms with E-state index in [0.29, 0.717) is 0 Å². The predicted molar refractivity (Wildman–Crippen MR) is 290 cm³/mol. The van der Waals surface area contributed by atoms with Crippen molar-refractivity contribution in [3.63, 3.8) is 0 Å². The van der Waals surface area contributed by atoms with E-state index in [2.05, 4.69) is 226 Å². The third-order valence-electron chi connectivity index (χ3n) is 15.3. The van der Waals surface area contributed by atoms with Gasteiger partial charge in [-0.15, -0.1) is 0 Å². The number of rotatable bonds is 4. The van der Waals surface area contributed by atoms with Crippen molar-refractivity contribution in [1.29, 1.82) is 0 Å². The van der Waals surface area contributed by atoms with Crippen LogP contribution in [-0.4, -0.2) is 28.7 Å². The quantitative estimate of drug-likeness (QED) is 0.176. The maximum Gasteiger partial charge on any atom is 0.162 e. The van der Waals surface area contributed by atoms with Gasteiger partial charge in [0, 0.05) is 66.4 Å². The minimum atomic E-state index is -0.647. The van der Waals surface area contributed by atoms with Crippen LogP contribution in [0.5, 0.6) is 0 Å². The number of aromatic nitrogens is 6.